The number of likely N-dealkylation sites (N-methyl/N-ethyl adjacent to an activating group) is 1. The number of nitrogens with zero attached hydrogens (tertiary/aromatic N) is 3. The van der Waals surface area contributed by atoms with Crippen molar-refractivity contribution in [3.8, 4) is 0 Å². The van der Waals surface area contributed by atoms with E-state index in [9.17, 15) is 4.79 Å². The van der Waals surface area contributed by atoms with Crippen LogP contribution in [0.3, 0.4) is 0 Å². The van der Waals surface area contributed by atoms with Crippen molar-refractivity contribution >= 4 is 11.9 Å². The van der Waals surface area contributed by atoms with E-state index in [2.05, 4.69) is 4.98 Å². The molecule has 0 atom stereocenters. The first-order valence-corrected chi connectivity index (χ1v) is 7.34. The summed E-state index contributed by atoms with van der Waals surface area (Å²) in [6, 6.07) is 3.91. The lowest BCUT2D eigenvalue weighted by atomic mass is 10.2. The molecule has 0 fully saturated rings. The lowest BCUT2D eigenvalue weighted by molar-refractivity contribution is 0.139. The predicted molar refractivity (Wildman–Crippen MR) is 85.8 cm³/mol. The molecular formula is C16H27N3O2. The topological polar surface area (TPSA) is 45.7 Å². The highest BCUT2D eigenvalue weighted by atomic mass is 16.6. The summed E-state index contributed by atoms with van der Waals surface area (Å²) in [6.45, 7) is 9.70. The van der Waals surface area contributed by atoms with Gasteiger partial charge in [0, 0.05) is 18.8 Å². The minimum atomic E-state index is -0.331. The second-order valence-corrected chi connectivity index (χ2v) is 6.07. The number of amides is 1. The van der Waals surface area contributed by atoms with Gasteiger partial charge in [-0.2, -0.15) is 0 Å². The van der Waals surface area contributed by atoms with Gasteiger partial charge in [0.2, 0.25) is 0 Å². The van der Waals surface area contributed by atoms with Crippen LogP contribution in [0.25, 0.3) is 0 Å². The maximum Gasteiger partial charge on any atom is 0.415 e. The van der Waals surface area contributed by atoms with Gasteiger partial charge in [-0.15, -0.1) is 0 Å². The highest BCUT2D eigenvalue weighted by Gasteiger charge is 2.19. The molecule has 5 heteroatoms. The first-order chi connectivity index (χ1) is 9.79. The van der Waals surface area contributed by atoms with Gasteiger partial charge in [0.25, 0.3) is 0 Å². The average molecular weight is 293 g/mol. The summed E-state index contributed by atoms with van der Waals surface area (Å²) in [5.41, 5.74) is 1.99. The number of ether oxygens (including phenoxy) is 1. The molecule has 21 heavy (non-hydrogen) atoms. The van der Waals surface area contributed by atoms with E-state index in [-0.39, 0.29) is 6.09 Å². The Kier molecular flexibility index (Phi) is 6.62. The molecule has 0 aliphatic carbocycles. The number of rotatable bonds is 6. The van der Waals surface area contributed by atoms with E-state index >= 15 is 0 Å². The predicted octanol–water partition coefficient (Wildman–Crippen LogP) is 2.86. The van der Waals surface area contributed by atoms with Crippen LogP contribution < -0.4 is 4.90 Å². The van der Waals surface area contributed by atoms with Crippen molar-refractivity contribution in [3.05, 3.63) is 23.4 Å². The summed E-state index contributed by atoms with van der Waals surface area (Å²) in [4.78, 5) is 20.4. The summed E-state index contributed by atoms with van der Waals surface area (Å²) in [5, 5.41) is 0. The van der Waals surface area contributed by atoms with E-state index in [0.717, 1.165) is 17.8 Å². The Morgan fingerprint density at radius 2 is 1.90 bits per heavy atom. The Balaban J connectivity index is 2.92. The molecule has 0 aliphatic rings. The Bertz CT molecular complexity index is 452. The molecule has 0 spiro atoms. The van der Waals surface area contributed by atoms with Gasteiger partial charge >= 0.3 is 6.09 Å². The molecular weight excluding hydrogens is 266 g/mol. The fourth-order valence-corrected chi connectivity index (χ4v) is 1.87. The van der Waals surface area contributed by atoms with Crippen molar-refractivity contribution < 1.29 is 9.53 Å². The van der Waals surface area contributed by atoms with E-state index in [1.54, 1.807) is 4.90 Å². The van der Waals surface area contributed by atoms with E-state index in [4.69, 9.17) is 4.74 Å². The standard InChI is InChI=1S/C16H27N3O2/c1-12(2)11-21-16(20)19(8-7-18(5)6)15-10-13(3)9-14(4)17-15/h9-10,12H,7-8,11H2,1-6H3. The van der Waals surface area contributed by atoms with E-state index in [0.29, 0.717) is 24.9 Å². The van der Waals surface area contributed by atoms with Gasteiger partial charge in [0.15, 0.2) is 0 Å². The molecule has 1 amide bonds. The zero-order chi connectivity index (χ0) is 16.0. The average Bonchev–Trinajstić information content (AvgIpc) is 2.35. The largest absolute Gasteiger partial charge is 0.449 e. The molecule has 0 saturated carbocycles. The number of anilines is 1. The van der Waals surface area contributed by atoms with E-state index < -0.39 is 0 Å². The molecule has 5 nitrogen and oxygen atoms in total. The van der Waals surface area contributed by atoms with E-state index in [1.807, 2.05) is 58.8 Å². The molecule has 0 aliphatic heterocycles. The zero-order valence-corrected chi connectivity index (χ0v) is 14.0. The Morgan fingerprint density at radius 3 is 2.43 bits per heavy atom. The molecule has 1 aromatic heterocycles. The second kappa shape index (κ2) is 7.98. The highest BCUT2D eigenvalue weighted by Crippen LogP contribution is 2.16. The molecule has 1 aromatic rings. The Labute approximate surface area is 127 Å². The van der Waals surface area contributed by atoms with Crippen LogP contribution in [-0.2, 0) is 4.74 Å². The maximum absolute atomic E-state index is 12.3. The van der Waals surface area contributed by atoms with Crippen LogP contribution in [0.4, 0.5) is 10.6 Å². The Morgan fingerprint density at radius 1 is 1.24 bits per heavy atom. The van der Waals surface area contributed by atoms with Crippen molar-refractivity contribution in [2.45, 2.75) is 27.7 Å². The van der Waals surface area contributed by atoms with Crippen molar-refractivity contribution in [1.29, 1.82) is 0 Å². The first-order valence-electron chi connectivity index (χ1n) is 7.34. The summed E-state index contributed by atoms with van der Waals surface area (Å²) in [5.74, 6) is 0.972. The zero-order valence-electron chi connectivity index (χ0n) is 14.0. The van der Waals surface area contributed by atoms with Crippen LogP contribution in [0, 0.1) is 19.8 Å². The normalized spacial score (nSPS) is 11.0. The van der Waals surface area contributed by atoms with Crippen LogP contribution in [-0.4, -0.2) is 49.8 Å². The lowest BCUT2D eigenvalue weighted by Crippen LogP contribution is -2.38. The van der Waals surface area contributed by atoms with Crippen LogP contribution in [0.5, 0.6) is 0 Å². The van der Waals surface area contributed by atoms with Crippen LogP contribution in [0.1, 0.15) is 25.1 Å². The van der Waals surface area contributed by atoms with Gasteiger partial charge in [-0.1, -0.05) is 13.8 Å². The summed E-state index contributed by atoms with van der Waals surface area (Å²) < 4.78 is 5.36. The number of carbonyl (C=O) groups is 1. The molecule has 1 rings (SSSR count). The third kappa shape index (κ3) is 6.12. The smallest absolute Gasteiger partial charge is 0.415 e. The highest BCUT2D eigenvalue weighted by molar-refractivity contribution is 5.86. The van der Waals surface area contributed by atoms with Crippen LogP contribution in [0.15, 0.2) is 12.1 Å². The SMILES string of the molecule is Cc1cc(C)nc(N(CCN(C)C)C(=O)OCC(C)C)c1. The third-order valence-corrected chi connectivity index (χ3v) is 2.89. The molecule has 0 bridgehead atoms. The molecule has 118 valence electrons. The molecule has 0 saturated heterocycles. The summed E-state index contributed by atoms with van der Waals surface area (Å²) in [6.07, 6.45) is -0.331. The quantitative estimate of drug-likeness (QED) is 0.809. The van der Waals surface area contributed by atoms with Gasteiger partial charge in [0.1, 0.15) is 5.82 Å². The fourth-order valence-electron chi connectivity index (χ4n) is 1.87. The summed E-state index contributed by atoms with van der Waals surface area (Å²) >= 11 is 0. The molecule has 0 unspecified atom stereocenters. The number of carbonyl (C=O) groups excluding carboxylic acids is 1. The molecule has 0 N–H and O–H groups in total. The molecule has 1 heterocycles. The number of aromatic nitrogens is 1. The Hall–Kier alpha value is -1.62. The monoisotopic (exact) mass is 293 g/mol. The number of pyridine rings is 1. The van der Waals surface area contributed by atoms with Crippen molar-refractivity contribution in [2.24, 2.45) is 5.92 Å². The first kappa shape index (κ1) is 17.4. The molecule has 0 aromatic carbocycles. The number of hydrogen-bond donors (Lipinski definition) is 0. The maximum atomic E-state index is 12.3. The van der Waals surface area contributed by atoms with E-state index in [1.165, 1.54) is 0 Å². The van der Waals surface area contributed by atoms with Crippen molar-refractivity contribution in [1.82, 2.24) is 9.88 Å². The van der Waals surface area contributed by atoms with Crippen molar-refractivity contribution in [3.63, 3.8) is 0 Å². The number of hydrogen-bond acceptors (Lipinski definition) is 4. The third-order valence-electron chi connectivity index (χ3n) is 2.89. The van der Waals surface area contributed by atoms with Gasteiger partial charge < -0.3 is 9.64 Å². The summed E-state index contributed by atoms with van der Waals surface area (Å²) in [7, 11) is 3.96. The van der Waals surface area contributed by atoms with Gasteiger partial charge in [0.05, 0.1) is 6.61 Å². The van der Waals surface area contributed by atoms with Crippen molar-refractivity contribution in [2.75, 3.05) is 38.7 Å². The van der Waals surface area contributed by atoms with Crippen LogP contribution >= 0.6 is 0 Å². The van der Waals surface area contributed by atoms with Gasteiger partial charge in [-0.3, -0.25) is 4.90 Å². The minimum absolute atomic E-state index is 0.317. The van der Waals surface area contributed by atoms with Gasteiger partial charge in [-0.25, -0.2) is 9.78 Å². The fraction of sp³-hybridized carbons (Fsp3) is 0.625. The molecule has 0 radical (unpaired) electrons. The number of aryl methyl sites for hydroxylation is 2. The second-order valence-electron chi connectivity index (χ2n) is 6.07. The van der Waals surface area contributed by atoms with Crippen LogP contribution in [0.2, 0.25) is 0 Å². The minimum Gasteiger partial charge on any atom is -0.449 e. The van der Waals surface area contributed by atoms with Gasteiger partial charge in [-0.05, 0) is 51.6 Å². The lowest BCUT2D eigenvalue weighted by Gasteiger charge is -2.24.